The van der Waals surface area contributed by atoms with E-state index in [1.54, 1.807) is 11.7 Å². The lowest BCUT2D eigenvalue weighted by atomic mass is 9.95. The van der Waals surface area contributed by atoms with Crippen LogP contribution in [0, 0.1) is 0 Å². The van der Waals surface area contributed by atoms with Crippen molar-refractivity contribution in [1.29, 1.82) is 0 Å². The fourth-order valence-corrected chi connectivity index (χ4v) is 5.61. The van der Waals surface area contributed by atoms with E-state index in [1.807, 2.05) is 79.7 Å². The fourth-order valence-electron chi connectivity index (χ4n) is 4.56. The molecule has 38 heavy (non-hydrogen) atoms. The van der Waals surface area contributed by atoms with Gasteiger partial charge in [-0.25, -0.2) is 4.99 Å². The second kappa shape index (κ2) is 10.6. The number of aromatic nitrogens is 1. The molecule has 0 saturated heterocycles. The molecule has 1 aliphatic rings. The molecule has 5 rings (SSSR count). The van der Waals surface area contributed by atoms with E-state index >= 15 is 0 Å². The summed E-state index contributed by atoms with van der Waals surface area (Å²) in [5.74, 6) is 0.834. The average molecular weight is 524 g/mol. The third-order valence-corrected chi connectivity index (χ3v) is 7.61. The summed E-state index contributed by atoms with van der Waals surface area (Å²) in [4.78, 5) is 32.7. The van der Waals surface area contributed by atoms with Gasteiger partial charge in [-0.1, -0.05) is 79.8 Å². The smallest absolute Gasteiger partial charge is 0.271 e. The normalized spacial score (nSPS) is 15.3. The minimum Gasteiger partial charge on any atom is -0.497 e. The van der Waals surface area contributed by atoms with Crippen LogP contribution in [0.15, 0.2) is 99.9 Å². The second-order valence-electron chi connectivity index (χ2n) is 9.50. The van der Waals surface area contributed by atoms with Gasteiger partial charge in [-0.05, 0) is 59.9 Å². The van der Waals surface area contributed by atoms with Crippen LogP contribution in [0.25, 0.3) is 6.08 Å². The van der Waals surface area contributed by atoms with Gasteiger partial charge in [-0.15, -0.1) is 0 Å². The molecule has 0 bridgehead atoms. The SMILES string of the molecule is COc1ccc([C@@H]2C(C(=O)Nc3ccccc3)=C(C)N=c3s/c(=C\c4ccc(C(C)C)cc4)c(=O)n32)cc1. The molecule has 0 saturated carbocycles. The van der Waals surface area contributed by atoms with Crippen molar-refractivity contribution in [2.24, 2.45) is 4.99 Å². The van der Waals surface area contributed by atoms with Gasteiger partial charge >= 0.3 is 0 Å². The third-order valence-electron chi connectivity index (χ3n) is 6.63. The van der Waals surface area contributed by atoms with E-state index in [4.69, 9.17) is 9.73 Å². The van der Waals surface area contributed by atoms with Crippen LogP contribution in [0.5, 0.6) is 5.75 Å². The maximum Gasteiger partial charge on any atom is 0.271 e. The van der Waals surface area contributed by atoms with Crippen LogP contribution in [0.1, 0.15) is 49.4 Å². The first kappa shape index (κ1) is 25.4. The van der Waals surface area contributed by atoms with E-state index in [0.29, 0.717) is 38.0 Å². The molecular formula is C31H29N3O3S. The zero-order valence-electron chi connectivity index (χ0n) is 21.8. The molecule has 4 aromatic rings. The molecule has 0 aliphatic carbocycles. The number of hydrogen-bond acceptors (Lipinski definition) is 5. The Hall–Kier alpha value is -4.23. The van der Waals surface area contributed by atoms with Gasteiger partial charge in [0.05, 0.1) is 29.0 Å². The molecule has 1 N–H and O–H groups in total. The van der Waals surface area contributed by atoms with Crippen LogP contribution < -0.4 is 24.9 Å². The Balaban J connectivity index is 1.64. The number of carbonyl (C=O) groups excluding carboxylic acids is 1. The van der Waals surface area contributed by atoms with E-state index < -0.39 is 6.04 Å². The zero-order valence-corrected chi connectivity index (χ0v) is 22.6. The molecule has 2 heterocycles. The van der Waals surface area contributed by atoms with E-state index in [-0.39, 0.29) is 11.5 Å². The summed E-state index contributed by atoms with van der Waals surface area (Å²) < 4.78 is 7.54. The molecule has 3 aromatic carbocycles. The highest BCUT2D eigenvalue weighted by Crippen LogP contribution is 2.31. The number of benzene rings is 3. The van der Waals surface area contributed by atoms with Gasteiger partial charge in [0.15, 0.2) is 4.80 Å². The van der Waals surface area contributed by atoms with Crippen molar-refractivity contribution < 1.29 is 9.53 Å². The number of thiazole rings is 1. The standard InChI is InChI=1S/C31H29N3O3S/c1-19(2)22-12-10-21(11-13-22)18-26-30(36)34-28(23-14-16-25(37-4)17-15-23)27(20(3)32-31(34)38-26)29(35)33-24-8-6-5-7-9-24/h5-19,28H,1-4H3,(H,33,35)/b26-18-/t28-/m1/s1. The van der Waals surface area contributed by atoms with Crippen molar-refractivity contribution >= 4 is 29.0 Å². The Morgan fingerprint density at radius 3 is 2.34 bits per heavy atom. The molecule has 0 spiro atoms. The van der Waals surface area contributed by atoms with Crippen LogP contribution in [0.4, 0.5) is 5.69 Å². The summed E-state index contributed by atoms with van der Waals surface area (Å²) in [5.41, 5.74) is 4.49. The number of nitrogens with one attached hydrogen (secondary N) is 1. The first-order chi connectivity index (χ1) is 18.4. The average Bonchev–Trinajstić information content (AvgIpc) is 3.22. The Bertz CT molecular complexity index is 1680. The van der Waals surface area contributed by atoms with Crippen molar-refractivity contribution in [3.05, 3.63) is 127 Å². The van der Waals surface area contributed by atoms with E-state index in [9.17, 15) is 9.59 Å². The molecule has 1 amide bonds. The highest BCUT2D eigenvalue weighted by atomic mass is 32.1. The lowest BCUT2D eigenvalue weighted by Crippen LogP contribution is -2.40. The van der Waals surface area contributed by atoms with E-state index in [2.05, 4.69) is 31.3 Å². The topological polar surface area (TPSA) is 72.7 Å². The van der Waals surface area contributed by atoms with Crippen molar-refractivity contribution in [3.8, 4) is 5.75 Å². The summed E-state index contributed by atoms with van der Waals surface area (Å²) in [7, 11) is 1.61. The molecule has 1 aromatic heterocycles. The number of methoxy groups -OCH3 is 1. The number of para-hydroxylation sites is 1. The number of fused-ring (bicyclic) bond motifs is 1. The molecule has 1 atom stereocenters. The Kier molecular flexibility index (Phi) is 7.11. The van der Waals surface area contributed by atoms with E-state index in [0.717, 1.165) is 11.1 Å². The molecule has 1 aliphatic heterocycles. The highest BCUT2D eigenvalue weighted by Gasteiger charge is 2.32. The third kappa shape index (κ3) is 4.97. The number of amides is 1. The van der Waals surface area contributed by atoms with Crippen LogP contribution in [-0.4, -0.2) is 17.6 Å². The van der Waals surface area contributed by atoms with Gasteiger partial charge in [0.25, 0.3) is 11.5 Å². The number of ether oxygens (including phenoxy) is 1. The second-order valence-corrected chi connectivity index (χ2v) is 10.5. The molecule has 7 heteroatoms. The summed E-state index contributed by atoms with van der Waals surface area (Å²) in [6, 6.07) is 24.3. The summed E-state index contributed by atoms with van der Waals surface area (Å²) >= 11 is 1.33. The van der Waals surface area contributed by atoms with Crippen molar-refractivity contribution in [3.63, 3.8) is 0 Å². The molecule has 0 radical (unpaired) electrons. The highest BCUT2D eigenvalue weighted by molar-refractivity contribution is 7.07. The molecule has 0 unspecified atom stereocenters. The number of anilines is 1. The predicted molar refractivity (Wildman–Crippen MR) is 152 cm³/mol. The first-order valence-corrected chi connectivity index (χ1v) is 13.3. The van der Waals surface area contributed by atoms with Crippen LogP contribution in [-0.2, 0) is 4.79 Å². The number of hydrogen-bond donors (Lipinski definition) is 1. The quantitative estimate of drug-likeness (QED) is 0.386. The number of carbonyl (C=O) groups is 1. The lowest BCUT2D eigenvalue weighted by molar-refractivity contribution is -0.113. The van der Waals surface area contributed by atoms with E-state index in [1.165, 1.54) is 16.9 Å². The van der Waals surface area contributed by atoms with Crippen LogP contribution in [0.2, 0.25) is 0 Å². The van der Waals surface area contributed by atoms with Gasteiger partial charge in [-0.3, -0.25) is 14.2 Å². The van der Waals surface area contributed by atoms with Crippen molar-refractivity contribution in [2.75, 3.05) is 12.4 Å². The van der Waals surface area contributed by atoms with Crippen molar-refractivity contribution in [2.45, 2.75) is 32.7 Å². The molecular weight excluding hydrogens is 494 g/mol. The summed E-state index contributed by atoms with van der Waals surface area (Å²) in [5, 5.41) is 2.97. The van der Waals surface area contributed by atoms with Gasteiger partial charge in [-0.2, -0.15) is 0 Å². The van der Waals surface area contributed by atoms with Gasteiger partial charge in [0.2, 0.25) is 0 Å². The lowest BCUT2D eigenvalue weighted by Gasteiger charge is -2.25. The number of rotatable bonds is 6. The Morgan fingerprint density at radius 1 is 1.03 bits per heavy atom. The number of allylic oxidation sites excluding steroid dienone is 1. The van der Waals surface area contributed by atoms with Crippen LogP contribution in [0.3, 0.4) is 0 Å². The van der Waals surface area contributed by atoms with Crippen LogP contribution >= 0.6 is 11.3 Å². The summed E-state index contributed by atoms with van der Waals surface area (Å²) in [6.45, 7) is 6.12. The van der Waals surface area contributed by atoms with Gasteiger partial charge in [0.1, 0.15) is 5.75 Å². The maximum absolute atomic E-state index is 13.8. The minimum absolute atomic E-state index is 0.181. The number of nitrogens with zero attached hydrogens (tertiary/aromatic N) is 2. The Labute approximate surface area is 225 Å². The molecule has 0 fully saturated rings. The molecule has 192 valence electrons. The maximum atomic E-state index is 13.8. The monoisotopic (exact) mass is 523 g/mol. The van der Waals surface area contributed by atoms with Crippen molar-refractivity contribution in [1.82, 2.24) is 4.57 Å². The van der Waals surface area contributed by atoms with Gasteiger partial charge in [0, 0.05) is 5.69 Å². The summed E-state index contributed by atoms with van der Waals surface area (Å²) in [6.07, 6.45) is 1.89. The fraction of sp³-hybridized carbons (Fsp3) is 0.194. The minimum atomic E-state index is -0.633. The van der Waals surface area contributed by atoms with Gasteiger partial charge < -0.3 is 10.1 Å². The predicted octanol–water partition coefficient (Wildman–Crippen LogP) is 5.01. The Morgan fingerprint density at radius 2 is 1.71 bits per heavy atom. The zero-order chi connectivity index (χ0) is 26.8. The largest absolute Gasteiger partial charge is 0.497 e. The first-order valence-electron chi connectivity index (χ1n) is 12.5. The molecule has 6 nitrogen and oxygen atoms in total.